The zero-order valence-corrected chi connectivity index (χ0v) is 9.41. The molecule has 18 heavy (non-hydrogen) atoms. The molecule has 0 bridgehead atoms. The van der Waals surface area contributed by atoms with E-state index < -0.39 is 30.8 Å². The minimum Gasteiger partial charge on any atom is -0.490 e. The van der Waals surface area contributed by atoms with Crippen LogP contribution in [0.1, 0.15) is 18.6 Å². The van der Waals surface area contributed by atoms with E-state index in [2.05, 4.69) is 4.74 Å². The van der Waals surface area contributed by atoms with Crippen LogP contribution in [0.4, 0.5) is 17.6 Å². The molecule has 1 aromatic carbocycles. The van der Waals surface area contributed by atoms with Crippen LogP contribution in [0.25, 0.3) is 0 Å². The molecule has 0 amide bonds. The number of rotatable bonds is 4. The van der Waals surface area contributed by atoms with E-state index in [4.69, 9.17) is 10.2 Å². The highest BCUT2D eigenvalue weighted by Gasteiger charge is 2.38. The Hall–Kier alpha value is -1.34. The Morgan fingerprint density at radius 2 is 1.89 bits per heavy atom. The van der Waals surface area contributed by atoms with E-state index in [1.807, 2.05) is 0 Å². The highest BCUT2D eigenvalue weighted by Crippen LogP contribution is 2.24. The Kier molecular flexibility index (Phi) is 4.53. The minimum atomic E-state index is -4.78. The second-order valence-electron chi connectivity index (χ2n) is 3.73. The first-order valence-corrected chi connectivity index (χ1v) is 5.07. The lowest BCUT2D eigenvalue weighted by Crippen LogP contribution is -2.34. The maximum absolute atomic E-state index is 13.3. The molecule has 0 aromatic heterocycles. The first-order valence-electron chi connectivity index (χ1n) is 5.07. The number of halogens is 4. The molecular weight excluding hydrogens is 256 g/mol. The average molecular weight is 268 g/mol. The van der Waals surface area contributed by atoms with Crippen LogP contribution in [0.2, 0.25) is 0 Å². The second kappa shape index (κ2) is 5.53. The van der Waals surface area contributed by atoms with E-state index in [9.17, 15) is 17.6 Å². The van der Waals surface area contributed by atoms with Crippen molar-refractivity contribution >= 4 is 0 Å². The third kappa shape index (κ3) is 3.85. The molecule has 0 aliphatic rings. The lowest BCUT2D eigenvalue weighted by molar-refractivity contribution is -0.210. The molecule has 1 aromatic rings. The highest BCUT2D eigenvalue weighted by molar-refractivity contribution is 5.30. The zero-order valence-electron chi connectivity index (χ0n) is 9.41. The second-order valence-corrected chi connectivity index (χ2v) is 3.73. The Morgan fingerprint density at radius 3 is 2.33 bits per heavy atom. The van der Waals surface area contributed by atoms with Crippen LogP contribution in [0, 0.1) is 5.82 Å². The predicted octanol–water partition coefficient (Wildman–Crippen LogP) is 2.18. The van der Waals surface area contributed by atoms with Gasteiger partial charge in [0.2, 0.25) is 0 Å². The van der Waals surface area contributed by atoms with Crippen molar-refractivity contribution in [1.29, 1.82) is 0 Å². The van der Waals surface area contributed by atoms with Crippen molar-refractivity contribution in [2.45, 2.75) is 25.3 Å². The zero-order chi connectivity index (χ0) is 13.9. The number of hydrogen-bond acceptors (Lipinski definition) is 3. The molecule has 1 rings (SSSR count). The lowest BCUT2D eigenvalue weighted by Gasteiger charge is -2.15. The molecule has 2 atom stereocenters. The van der Waals surface area contributed by atoms with Crippen LogP contribution in [-0.4, -0.2) is 29.1 Å². The number of aliphatic hydroxyl groups is 2. The van der Waals surface area contributed by atoms with Gasteiger partial charge in [0.05, 0.1) is 6.10 Å². The average Bonchev–Trinajstić information content (AvgIpc) is 2.24. The third-order valence-electron chi connectivity index (χ3n) is 2.21. The molecular formula is C11H12F4O3. The highest BCUT2D eigenvalue weighted by atomic mass is 19.4. The summed E-state index contributed by atoms with van der Waals surface area (Å²) >= 11 is 0. The van der Waals surface area contributed by atoms with E-state index >= 15 is 0 Å². The first-order chi connectivity index (χ1) is 8.21. The number of hydrogen-bond donors (Lipinski definition) is 2. The Morgan fingerprint density at radius 1 is 1.28 bits per heavy atom. The summed E-state index contributed by atoms with van der Waals surface area (Å²) in [4.78, 5) is 0. The summed E-state index contributed by atoms with van der Waals surface area (Å²) in [6.45, 7) is 0.337. The third-order valence-corrected chi connectivity index (χ3v) is 2.21. The van der Waals surface area contributed by atoms with Gasteiger partial charge in [0.1, 0.15) is 18.2 Å². The summed E-state index contributed by atoms with van der Waals surface area (Å²) in [6, 6.07) is 3.27. The Labute approximate surface area is 101 Å². The molecule has 0 radical (unpaired) electrons. The van der Waals surface area contributed by atoms with Gasteiger partial charge in [-0.3, -0.25) is 0 Å². The summed E-state index contributed by atoms with van der Waals surface area (Å²) in [7, 11) is 0. The van der Waals surface area contributed by atoms with Crippen molar-refractivity contribution in [1.82, 2.24) is 0 Å². The number of ether oxygens (including phenoxy) is 1. The molecule has 1 unspecified atom stereocenters. The topological polar surface area (TPSA) is 49.7 Å². The van der Waals surface area contributed by atoms with Crippen molar-refractivity contribution in [2.75, 3.05) is 6.61 Å². The van der Waals surface area contributed by atoms with Crippen LogP contribution in [-0.2, 0) is 0 Å². The Bertz CT molecular complexity index is 404. The van der Waals surface area contributed by atoms with E-state index in [1.54, 1.807) is 0 Å². The van der Waals surface area contributed by atoms with Gasteiger partial charge in [0, 0.05) is 11.6 Å². The standard InChI is InChI=1S/C11H12F4O3/c1-6(16)8-3-2-7(4-9(8)12)18-5-10(17)11(13,14)15/h2-4,6,10,16-17H,5H2,1H3/t6-,10?/m1/s1. The summed E-state index contributed by atoms with van der Waals surface area (Å²) in [6.07, 6.45) is -8.44. The lowest BCUT2D eigenvalue weighted by atomic mass is 10.1. The van der Waals surface area contributed by atoms with Gasteiger partial charge in [-0.1, -0.05) is 0 Å². The van der Waals surface area contributed by atoms with Crippen molar-refractivity contribution in [3.05, 3.63) is 29.6 Å². The van der Waals surface area contributed by atoms with Gasteiger partial charge in [-0.2, -0.15) is 13.2 Å². The fraction of sp³-hybridized carbons (Fsp3) is 0.455. The summed E-state index contributed by atoms with van der Waals surface area (Å²) < 4.78 is 53.8. The number of aliphatic hydroxyl groups excluding tert-OH is 2. The normalized spacial score (nSPS) is 15.3. The molecule has 102 valence electrons. The van der Waals surface area contributed by atoms with E-state index in [0.717, 1.165) is 6.07 Å². The fourth-order valence-corrected chi connectivity index (χ4v) is 1.21. The molecule has 7 heteroatoms. The fourth-order valence-electron chi connectivity index (χ4n) is 1.21. The monoisotopic (exact) mass is 268 g/mol. The molecule has 0 aliphatic heterocycles. The maximum Gasteiger partial charge on any atom is 0.417 e. The molecule has 0 saturated carbocycles. The van der Waals surface area contributed by atoms with Crippen LogP contribution in [0.5, 0.6) is 5.75 Å². The van der Waals surface area contributed by atoms with Gasteiger partial charge >= 0.3 is 6.18 Å². The maximum atomic E-state index is 13.3. The first kappa shape index (κ1) is 14.7. The van der Waals surface area contributed by atoms with Crippen LogP contribution in [0.15, 0.2) is 18.2 Å². The smallest absolute Gasteiger partial charge is 0.417 e. The van der Waals surface area contributed by atoms with Crippen molar-refractivity contribution < 1.29 is 32.5 Å². The molecule has 0 aliphatic carbocycles. The largest absolute Gasteiger partial charge is 0.490 e. The van der Waals surface area contributed by atoms with E-state index in [1.165, 1.54) is 19.1 Å². The van der Waals surface area contributed by atoms with Crippen LogP contribution in [0.3, 0.4) is 0 Å². The summed E-state index contributed by atoms with van der Waals surface area (Å²) in [5, 5.41) is 17.8. The van der Waals surface area contributed by atoms with Crippen molar-refractivity contribution in [3.63, 3.8) is 0 Å². The van der Waals surface area contributed by atoms with Gasteiger partial charge in [0.15, 0.2) is 6.10 Å². The van der Waals surface area contributed by atoms with Gasteiger partial charge in [-0.15, -0.1) is 0 Å². The minimum absolute atomic E-state index is 0.0127. The molecule has 0 saturated heterocycles. The summed E-state index contributed by atoms with van der Waals surface area (Å²) in [5.41, 5.74) is 0.0127. The van der Waals surface area contributed by atoms with Gasteiger partial charge in [-0.25, -0.2) is 4.39 Å². The molecule has 3 nitrogen and oxygen atoms in total. The SMILES string of the molecule is C[C@@H](O)c1ccc(OCC(O)C(F)(F)F)cc1F. The van der Waals surface area contributed by atoms with Gasteiger partial charge in [0.25, 0.3) is 0 Å². The van der Waals surface area contributed by atoms with Gasteiger partial charge in [-0.05, 0) is 19.1 Å². The Balaban J connectivity index is 2.67. The van der Waals surface area contributed by atoms with Crippen LogP contribution >= 0.6 is 0 Å². The predicted molar refractivity (Wildman–Crippen MR) is 54.6 cm³/mol. The molecule has 0 fully saturated rings. The van der Waals surface area contributed by atoms with Crippen molar-refractivity contribution in [2.24, 2.45) is 0 Å². The van der Waals surface area contributed by atoms with Crippen molar-refractivity contribution in [3.8, 4) is 5.75 Å². The quantitative estimate of drug-likeness (QED) is 0.823. The van der Waals surface area contributed by atoms with Gasteiger partial charge < -0.3 is 14.9 Å². The van der Waals surface area contributed by atoms with Crippen LogP contribution < -0.4 is 4.74 Å². The van der Waals surface area contributed by atoms with E-state index in [-0.39, 0.29) is 11.3 Å². The van der Waals surface area contributed by atoms with E-state index in [0.29, 0.717) is 0 Å². The summed E-state index contributed by atoms with van der Waals surface area (Å²) in [5.74, 6) is -0.941. The number of alkyl halides is 3. The molecule has 0 spiro atoms. The molecule has 0 heterocycles. The molecule has 2 N–H and O–H groups in total. The number of benzene rings is 1.